The highest BCUT2D eigenvalue weighted by Crippen LogP contribution is 2.37. The molecule has 18 heavy (non-hydrogen) atoms. The van der Waals surface area contributed by atoms with Gasteiger partial charge in [-0.1, -0.05) is 19.3 Å². The van der Waals surface area contributed by atoms with Gasteiger partial charge in [0.05, 0.1) is 6.61 Å². The first-order valence-corrected chi connectivity index (χ1v) is 6.76. The van der Waals surface area contributed by atoms with Gasteiger partial charge in [0.25, 0.3) is 0 Å². The molecule has 1 aromatic rings. The number of hydrogen-bond acceptors (Lipinski definition) is 3. The van der Waals surface area contributed by atoms with Crippen LogP contribution in [0.2, 0.25) is 0 Å². The molecule has 0 heterocycles. The summed E-state index contributed by atoms with van der Waals surface area (Å²) in [6.07, 6.45) is 5.98. The Morgan fingerprint density at radius 2 is 1.72 bits per heavy atom. The molecule has 3 nitrogen and oxygen atoms in total. The van der Waals surface area contributed by atoms with E-state index >= 15 is 0 Å². The van der Waals surface area contributed by atoms with Crippen molar-refractivity contribution in [3.05, 3.63) is 24.3 Å². The van der Waals surface area contributed by atoms with E-state index in [1.165, 1.54) is 19.3 Å². The van der Waals surface area contributed by atoms with Crippen molar-refractivity contribution < 1.29 is 10.2 Å². The molecule has 1 saturated carbocycles. The van der Waals surface area contributed by atoms with Crippen molar-refractivity contribution in [3.8, 4) is 5.75 Å². The number of phenolic OH excluding ortho intramolecular Hbond substituents is 1. The smallest absolute Gasteiger partial charge is 0.115 e. The van der Waals surface area contributed by atoms with Crippen LogP contribution in [0.4, 0.5) is 5.69 Å². The first-order valence-electron chi connectivity index (χ1n) is 6.76. The van der Waals surface area contributed by atoms with Crippen LogP contribution in [0.3, 0.4) is 0 Å². The van der Waals surface area contributed by atoms with Gasteiger partial charge in [-0.25, -0.2) is 0 Å². The van der Waals surface area contributed by atoms with E-state index in [0.717, 1.165) is 25.1 Å². The highest BCUT2D eigenvalue weighted by molar-refractivity contribution is 5.48. The Morgan fingerprint density at radius 1 is 1.11 bits per heavy atom. The number of aliphatic hydroxyl groups excluding tert-OH is 1. The minimum atomic E-state index is 0.0604. The van der Waals surface area contributed by atoms with Crippen LogP contribution < -0.4 is 4.90 Å². The van der Waals surface area contributed by atoms with Crippen LogP contribution in [0.15, 0.2) is 24.3 Å². The van der Waals surface area contributed by atoms with Crippen molar-refractivity contribution in [2.75, 3.05) is 25.1 Å². The Bertz CT molecular complexity index is 369. The van der Waals surface area contributed by atoms with Gasteiger partial charge in [-0.05, 0) is 37.1 Å². The molecular formula is C15H23NO2. The van der Waals surface area contributed by atoms with Gasteiger partial charge in [0, 0.05) is 24.7 Å². The molecule has 2 N–H and O–H groups in total. The van der Waals surface area contributed by atoms with Crippen molar-refractivity contribution in [3.63, 3.8) is 0 Å². The van der Waals surface area contributed by atoms with Gasteiger partial charge in [0.1, 0.15) is 5.75 Å². The van der Waals surface area contributed by atoms with Crippen LogP contribution in [0.25, 0.3) is 0 Å². The molecule has 0 aliphatic heterocycles. The van der Waals surface area contributed by atoms with Gasteiger partial charge in [-0.15, -0.1) is 0 Å². The molecule has 1 aromatic carbocycles. The fraction of sp³-hybridized carbons (Fsp3) is 0.600. The maximum Gasteiger partial charge on any atom is 0.115 e. The van der Waals surface area contributed by atoms with Gasteiger partial charge in [0.2, 0.25) is 0 Å². The van der Waals surface area contributed by atoms with E-state index in [0.29, 0.717) is 5.75 Å². The maximum atomic E-state index is 9.71. The van der Waals surface area contributed by atoms with E-state index in [1.54, 1.807) is 12.1 Å². The van der Waals surface area contributed by atoms with Gasteiger partial charge in [0.15, 0.2) is 0 Å². The molecule has 0 spiro atoms. The Hall–Kier alpha value is -1.22. The summed E-state index contributed by atoms with van der Waals surface area (Å²) in [4.78, 5) is 2.18. The molecule has 0 saturated heterocycles. The topological polar surface area (TPSA) is 43.7 Å². The number of aliphatic hydroxyl groups is 1. The number of rotatable bonds is 4. The van der Waals surface area contributed by atoms with E-state index in [1.807, 2.05) is 12.1 Å². The lowest BCUT2D eigenvalue weighted by molar-refractivity contribution is 0.0891. The van der Waals surface area contributed by atoms with Crippen LogP contribution in [-0.2, 0) is 0 Å². The summed E-state index contributed by atoms with van der Waals surface area (Å²) < 4.78 is 0. The summed E-state index contributed by atoms with van der Waals surface area (Å²) in [5.41, 5.74) is 1.15. The SMILES string of the molecule is CN(CC1(CO)CCCCC1)c1ccc(O)cc1. The van der Waals surface area contributed by atoms with E-state index in [-0.39, 0.29) is 12.0 Å². The minimum absolute atomic E-state index is 0.0604. The van der Waals surface area contributed by atoms with E-state index in [2.05, 4.69) is 11.9 Å². The maximum absolute atomic E-state index is 9.71. The molecule has 0 amide bonds. The Labute approximate surface area is 109 Å². The Balaban J connectivity index is 2.04. The summed E-state index contributed by atoms with van der Waals surface area (Å²) in [7, 11) is 2.05. The number of nitrogens with zero attached hydrogens (tertiary/aromatic N) is 1. The number of phenols is 1. The highest BCUT2D eigenvalue weighted by atomic mass is 16.3. The predicted molar refractivity (Wildman–Crippen MR) is 74.0 cm³/mol. The standard InChI is InChI=1S/C15H23NO2/c1-16(13-5-7-14(18)8-6-13)11-15(12-17)9-3-2-4-10-15/h5-8,17-18H,2-4,9-12H2,1H3. The van der Waals surface area contributed by atoms with E-state index < -0.39 is 0 Å². The van der Waals surface area contributed by atoms with Crippen molar-refractivity contribution in [2.45, 2.75) is 32.1 Å². The molecule has 0 aromatic heterocycles. The number of hydrogen-bond donors (Lipinski definition) is 2. The summed E-state index contributed by atoms with van der Waals surface area (Å²) in [6.45, 7) is 1.16. The molecule has 2 rings (SSSR count). The van der Waals surface area contributed by atoms with E-state index in [9.17, 15) is 10.2 Å². The first kappa shape index (κ1) is 13.2. The summed E-state index contributed by atoms with van der Waals surface area (Å²) in [5.74, 6) is 0.293. The average molecular weight is 249 g/mol. The quantitative estimate of drug-likeness (QED) is 0.862. The third-order valence-corrected chi connectivity index (χ3v) is 4.11. The highest BCUT2D eigenvalue weighted by Gasteiger charge is 2.32. The number of anilines is 1. The van der Waals surface area contributed by atoms with Crippen LogP contribution >= 0.6 is 0 Å². The van der Waals surface area contributed by atoms with Crippen molar-refractivity contribution >= 4 is 5.69 Å². The van der Waals surface area contributed by atoms with Crippen molar-refractivity contribution in [2.24, 2.45) is 5.41 Å². The van der Waals surface area contributed by atoms with Crippen LogP contribution in [0, 0.1) is 5.41 Å². The van der Waals surface area contributed by atoms with Gasteiger partial charge in [-0.2, -0.15) is 0 Å². The molecule has 0 atom stereocenters. The largest absolute Gasteiger partial charge is 0.508 e. The molecule has 0 bridgehead atoms. The second kappa shape index (κ2) is 5.61. The normalized spacial score (nSPS) is 18.6. The van der Waals surface area contributed by atoms with E-state index in [4.69, 9.17) is 0 Å². The summed E-state index contributed by atoms with van der Waals surface area (Å²) in [5, 5.41) is 19.0. The molecular weight excluding hydrogens is 226 g/mol. The molecule has 0 unspecified atom stereocenters. The van der Waals surface area contributed by atoms with Gasteiger partial charge in [-0.3, -0.25) is 0 Å². The number of benzene rings is 1. The molecule has 100 valence electrons. The molecule has 0 radical (unpaired) electrons. The minimum Gasteiger partial charge on any atom is -0.508 e. The molecule has 1 fully saturated rings. The van der Waals surface area contributed by atoms with Crippen molar-refractivity contribution in [1.29, 1.82) is 0 Å². The zero-order valence-corrected chi connectivity index (χ0v) is 11.1. The van der Waals surface area contributed by atoms with Crippen LogP contribution in [0.5, 0.6) is 5.75 Å². The second-order valence-electron chi connectivity index (χ2n) is 5.59. The summed E-state index contributed by atoms with van der Waals surface area (Å²) >= 11 is 0. The zero-order valence-electron chi connectivity index (χ0n) is 11.1. The second-order valence-corrected chi connectivity index (χ2v) is 5.59. The third kappa shape index (κ3) is 2.96. The molecule has 3 heteroatoms. The Kier molecular flexibility index (Phi) is 4.12. The van der Waals surface area contributed by atoms with Crippen LogP contribution in [0.1, 0.15) is 32.1 Å². The average Bonchev–Trinajstić information content (AvgIpc) is 2.40. The Morgan fingerprint density at radius 3 is 2.28 bits per heavy atom. The fourth-order valence-electron chi connectivity index (χ4n) is 2.97. The third-order valence-electron chi connectivity index (χ3n) is 4.11. The van der Waals surface area contributed by atoms with Gasteiger partial charge >= 0.3 is 0 Å². The lowest BCUT2D eigenvalue weighted by atomic mass is 9.74. The number of aromatic hydroxyl groups is 1. The molecule has 1 aliphatic rings. The fourth-order valence-corrected chi connectivity index (χ4v) is 2.97. The van der Waals surface area contributed by atoms with Gasteiger partial charge < -0.3 is 15.1 Å². The first-order chi connectivity index (χ1) is 8.65. The lowest BCUT2D eigenvalue weighted by Gasteiger charge is -2.39. The van der Waals surface area contributed by atoms with Crippen LogP contribution in [-0.4, -0.2) is 30.4 Å². The zero-order chi connectivity index (χ0) is 13.0. The monoisotopic (exact) mass is 249 g/mol. The lowest BCUT2D eigenvalue weighted by Crippen LogP contribution is -2.40. The van der Waals surface area contributed by atoms with Crippen molar-refractivity contribution in [1.82, 2.24) is 0 Å². The summed E-state index contributed by atoms with van der Waals surface area (Å²) in [6, 6.07) is 7.25. The molecule has 1 aliphatic carbocycles. The predicted octanol–water partition coefficient (Wildman–Crippen LogP) is 2.77.